The van der Waals surface area contributed by atoms with Gasteiger partial charge >= 0.3 is 0 Å². The normalized spacial score (nSPS) is 14.6. The zero-order valence-electron chi connectivity index (χ0n) is 12.4. The Morgan fingerprint density at radius 1 is 1.00 bits per heavy atom. The van der Waals surface area contributed by atoms with Gasteiger partial charge in [0.1, 0.15) is 0 Å². The number of hydrogen-bond donors (Lipinski definition) is 1. The molecule has 1 fully saturated rings. The van der Waals surface area contributed by atoms with Gasteiger partial charge in [0.05, 0.1) is 13.2 Å². The van der Waals surface area contributed by atoms with Gasteiger partial charge in [-0.2, -0.15) is 0 Å². The molecule has 0 atom stereocenters. The predicted molar refractivity (Wildman–Crippen MR) is 93.9 cm³/mol. The number of benzene rings is 2. The molecule has 0 spiro atoms. The van der Waals surface area contributed by atoms with Crippen molar-refractivity contribution in [3.05, 3.63) is 58.1 Å². The van der Waals surface area contributed by atoms with Crippen LogP contribution in [-0.2, 0) is 4.74 Å². The van der Waals surface area contributed by atoms with E-state index in [1.807, 2.05) is 24.3 Å². The summed E-state index contributed by atoms with van der Waals surface area (Å²) in [6, 6.07) is 12.5. The monoisotopic (exact) mass is 350 g/mol. The number of anilines is 2. The molecule has 0 unspecified atom stereocenters. The first-order valence-corrected chi connectivity index (χ1v) is 8.07. The van der Waals surface area contributed by atoms with Crippen LogP contribution in [0.25, 0.3) is 0 Å². The van der Waals surface area contributed by atoms with Crippen LogP contribution in [0.3, 0.4) is 0 Å². The number of morpholine rings is 1. The summed E-state index contributed by atoms with van der Waals surface area (Å²) in [4.78, 5) is 14.5. The van der Waals surface area contributed by atoms with Crippen LogP contribution in [0.2, 0.25) is 10.0 Å². The summed E-state index contributed by atoms with van der Waals surface area (Å²) in [5.74, 6) is -0.197. The van der Waals surface area contributed by atoms with Gasteiger partial charge in [0.2, 0.25) is 0 Å². The third-order valence-electron chi connectivity index (χ3n) is 3.63. The average molecular weight is 351 g/mol. The summed E-state index contributed by atoms with van der Waals surface area (Å²) in [5, 5.41) is 3.76. The predicted octanol–water partition coefficient (Wildman–Crippen LogP) is 4.08. The molecule has 4 nitrogen and oxygen atoms in total. The van der Waals surface area contributed by atoms with Crippen LogP contribution in [0.4, 0.5) is 11.4 Å². The summed E-state index contributed by atoms with van der Waals surface area (Å²) in [7, 11) is 0. The van der Waals surface area contributed by atoms with E-state index in [9.17, 15) is 4.79 Å². The standard InChI is InChI=1S/C17H16Cl2N2O2/c18-13-9-14(19)11-15(10-13)20-17(22)12-1-3-16(4-2-12)21-5-7-23-8-6-21/h1-4,9-11H,5-8H2,(H,20,22). The van der Waals surface area contributed by atoms with Gasteiger partial charge in [0.15, 0.2) is 0 Å². The highest BCUT2D eigenvalue weighted by Gasteiger charge is 2.12. The second kappa shape index (κ2) is 7.21. The summed E-state index contributed by atoms with van der Waals surface area (Å²) in [6.45, 7) is 3.20. The van der Waals surface area contributed by atoms with Gasteiger partial charge in [-0.3, -0.25) is 4.79 Å². The Morgan fingerprint density at radius 2 is 1.61 bits per heavy atom. The fraction of sp³-hybridized carbons (Fsp3) is 0.235. The van der Waals surface area contributed by atoms with Gasteiger partial charge in [-0.1, -0.05) is 23.2 Å². The smallest absolute Gasteiger partial charge is 0.255 e. The molecule has 2 aromatic rings. The highest BCUT2D eigenvalue weighted by molar-refractivity contribution is 6.35. The molecule has 1 N–H and O–H groups in total. The third kappa shape index (κ3) is 4.16. The maximum absolute atomic E-state index is 12.3. The lowest BCUT2D eigenvalue weighted by atomic mass is 10.1. The number of ether oxygens (including phenoxy) is 1. The maximum atomic E-state index is 12.3. The van der Waals surface area contributed by atoms with Crippen molar-refractivity contribution in [2.45, 2.75) is 0 Å². The highest BCUT2D eigenvalue weighted by atomic mass is 35.5. The minimum atomic E-state index is -0.197. The van der Waals surface area contributed by atoms with E-state index in [1.165, 1.54) is 0 Å². The molecule has 1 saturated heterocycles. The van der Waals surface area contributed by atoms with Crippen LogP contribution in [0.15, 0.2) is 42.5 Å². The number of nitrogens with zero attached hydrogens (tertiary/aromatic N) is 1. The first-order chi connectivity index (χ1) is 11.1. The van der Waals surface area contributed by atoms with E-state index in [-0.39, 0.29) is 5.91 Å². The Morgan fingerprint density at radius 3 is 2.22 bits per heavy atom. The molecule has 1 heterocycles. The van der Waals surface area contributed by atoms with Gasteiger partial charge in [0, 0.05) is 40.1 Å². The number of hydrogen-bond acceptors (Lipinski definition) is 3. The molecule has 0 radical (unpaired) electrons. The number of rotatable bonds is 3. The van der Waals surface area contributed by atoms with Crippen molar-refractivity contribution >= 4 is 40.5 Å². The molecule has 23 heavy (non-hydrogen) atoms. The van der Waals surface area contributed by atoms with Gasteiger partial charge in [-0.15, -0.1) is 0 Å². The Hall–Kier alpha value is -1.75. The molecule has 0 aliphatic carbocycles. The van der Waals surface area contributed by atoms with Crippen LogP contribution in [-0.4, -0.2) is 32.2 Å². The van der Waals surface area contributed by atoms with Crippen molar-refractivity contribution < 1.29 is 9.53 Å². The first-order valence-electron chi connectivity index (χ1n) is 7.32. The number of nitrogens with one attached hydrogen (secondary N) is 1. The van der Waals surface area contributed by atoms with Gasteiger partial charge in [0.25, 0.3) is 5.91 Å². The number of carbonyl (C=O) groups is 1. The number of amides is 1. The molecule has 1 amide bonds. The molecular weight excluding hydrogens is 335 g/mol. The van der Waals surface area contributed by atoms with Crippen molar-refractivity contribution in [3.8, 4) is 0 Å². The average Bonchev–Trinajstić information content (AvgIpc) is 2.55. The van der Waals surface area contributed by atoms with Gasteiger partial charge < -0.3 is 15.0 Å². The quantitative estimate of drug-likeness (QED) is 0.906. The van der Waals surface area contributed by atoms with Gasteiger partial charge in [-0.25, -0.2) is 0 Å². The molecule has 0 bridgehead atoms. The van der Waals surface area contributed by atoms with E-state index in [4.69, 9.17) is 27.9 Å². The van der Waals surface area contributed by atoms with Crippen molar-refractivity contribution in [2.75, 3.05) is 36.5 Å². The Bertz CT molecular complexity index is 678. The van der Waals surface area contributed by atoms with Crippen LogP contribution >= 0.6 is 23.2 Å². The van der Waals surface area contributed by atoms with E-state index in [0.717, 1.165) is 32.0 Å². The Kier molecular flexibility index (Phi) is 5.06. The molecule has 1 aliphatic heterocycles. The van der Waals surface area contributed by atoms with Crippen LogP contribution in [0, 0.1) is 0 Å². The Labute approximate surface area is 144 Å². The van der Waals surface area contributed by atoms with Crippen LogP contribution in [0.5, 0.6) is 0 Å². The molecule has 1 aliphatic rings. The maximum Gasteiger partial charge on any atom is 0.255 e. The summed E-state index contributed by atoms with van der Waals surface area (Å²) >= 11 is 11.9. The highest BCUT2D eigenvalue weighted by Crippen LogP contribution is 2.23. The topological polar surface area (TPSA) is 41.6 Å². The lowest BCUT2D eigenvalue weighted by molar-refractivity contribution is 0.102. The summed E-state index contributed by atoms with van der Waals surface area (Å²) < 4.78 is 5.34. The van der Waals surface area contributed by atoms with E-state index in [1.54, 1.807) is 18.2 Å². The van der Waals surface area contributed by atoms with E-state index in [0.29, 0.717) is 21.3 Å². The van der Waals surface area contributed by atoms with E-state index >= 15 is 0 Å². The molecule has 6 heteroatoms. The second-order valence-corrected chi connectivity index (χ2v) is 6.13. The van der Waals surface area contributed by atoms with Crippen LogP contribution in [0.1, 0.15) is 10.4 Å². The zero-order chi connectivity index (χ0) is 16.2. The summed E-state index contributed by atoms with van der Waals surface area (Å²) in [5.41, 5.74) is 2.25. The van der Waals surface area contributed by atoms with E-state index < -0.39 is 0 Å². The SMILES string of the molecule is O=C(Nc1cc(Cl)cc(Cl)c1)c1ccc(N2CCOCC2)cc1. The second-order valence-electron chi connectivity index (χ2n) is 5.26. The van der Waals surface area contributed by atoms with Crippen molar-refractivity contribution in [2.24, 2.45) is 0 Å². The van der Waals surface area contributed by atoms with Crippen molar-refractivity contribution in [3.63, 3.8) is 0 Å². The zero-order valence-corrected chi connectivity index (χ0v) is 13.9. The largest absolute Gasteiger partial charge is 0.378 e. The molecule has 0 aromatic heterocycles. The fourth-order valence-electron chi connectivity index (χ4n) is 2.47. The lowest BCUT2D eigenvalue weighted by Crippen LogP contribution is -2.36. The number of carbonyl (C=O) groups excluding carboxylic acids is 1. The van der Waals surface area contributed by atoms with Gasteiger partial charge in [-0.05, 0) is 42.5 Å². The number of halogens is 2. The Balaban J connectivity index is 1.69. The first kappa shape index (κ1) is 16.1. The van der Waals surface area contributed by atoms with Crippen molar-refractivity contribution in [1.82, 2.24) is 0 Å². The molecule has 120 valence electrons. The molecular formula is C17H16Cl2N2O2. The molecule has 2 aromatic carbocycles. The van der Waals surface area contributed by atoms with Crippen molar-refractivity contribution in [1.29, 1.82) is 0 Å². The minimum Gasteiger partial charge on any atom is -0.378 e. The minimum absolute atomic E-state index is 0.197. The lowest BCUT2D eigenvalue weighted by Gasteiger charge is -2.28. The molecule has 0 saturated carbocycles. The molecule has 3 rings (SSSR count). The third-order valence-corrected chi connectivity index (χ3v) is 4.06. The fourth-order valence-corrected chi connectivity index (χ4v) is 3.00. The van der Waals surface area contributed by atoms with Crippen LogP contribution < -0.4 is 10.2 Å². The summed E-state index contributed by atoms with van der Waals surface area (Å²) in [6.07, 6.45) is 0. The van der Waals surface area contributed by atoms with E-state index in [2.05, 4.69) is 10.2 Å².